The van der Waals surface area contributed by atoms with Gasteiger partial charge in [0.2, 0.25) is 0 Å². The monoisotopic (exact) mass is 285 g/mol. The van der Waals surface area contributed by atoms with Crippen molar-refractivity contribution in [2.75, 3.05) is 13.6 Å². The normalized spacial score (nSPS) is 24.2. The molecule has 1 aromatic rings. The highest BCUT2D eigenvalue weighted by Crippen LogP contribution is 2.37. The summed E-state index contributed by atoms with van der Waals surface area (Å²) in [5.74, 6) is 1.38. The van der Waals surface area contributed by atoms with Gasteiger partial charge in [0.15, 0.2) is 0 Å². The molecule has 2 rings (SSSR count). The minimum absolute atomic E-state index is 0.170. The molecule has 1 nitrogen and oxygen atoms in total. The molecule has 3 heteroatoms. The number of benzene rings is 1. The molecule has 1 aliphatic rings. The summed E-state index contributed by atoms with van der Waals surface area (Å²) in [5.41, 5.74) is 1.23. The van der Waals surface area contributed by atoms with Gasteiger partial charge < -0.3 is 5.32 Å². The number of nitrogens with one attached hydrogen (secondary N) is 1. The molecule has 0 saturated heterocycles. The Morgan fingerprint density at radius 1 is 1.38 bits per heavy atom. The van der Waals surface area contributed by atoms with Gasteiger partial charge >= 0.3 is 0 Å². The zero-order chi connectivity index (χ0) is 11.5. The molecular formula is C13H17BrFN. The molecule has 0 aromatic heterocycles. The predicted molar refractivity (Wildman–Crippen MR) is 67.9 cm³/mol. The Labute approximate surface area is 105 Å². The smallest absolute Gasteiger partial charge is 0.124 e. The van der Waals surface area contributed by atoms with Gasteiger partial charge in [0.1, 0.15) is 5.82 Å². The number of rotatable bonds is 4. The van der Waals surface area contributed by atoms with Gasteiger partial charge in [-0.05, 0) is 62.4 Å². The maximum atomic E-state index is 12.9. The van der Waals surface area contributed by atoms with Gasteiger partial charge in [0.25, 0.3) is 0 Å². The standard InChI is InChI=1S/C13H17BrFN/c1-16-8-11-3-2-9(11)6-10-4-5-12(15)7-13(10)14/h4-5,7,9,11,16H,2-3,6,8H2,1H3. The van der Waals surface area contributed by atoms with Crippen LogP contribution >= 0.6 is 15.9 Å². The van der Waals surface area contributed by atoms with Crippen LogP contribution in [0.1, 0.15) is 18.4 Å². The highest BCUT2D eigenvalue weighted by molar-refractivity contribution is 9.10. The summed E-state index contributed by atoms with van der Waals surface area (Å²) in [7, 11) is 2.00. The third kappa shape index (κ3) is 2.64. The van der Waals surface area contributed by atoms with E-state index in [2.05, 4.69) is 21.2 Å². The lowest BCUT2D eigenvalue weighted by atomic mass is 9.71. The minimum Gasteiger partial charge on any atom is -0.319 e. The molecule has 2 atom stereocenters. The highest BCUT2D eigenvalue weighted by atomic mass is 79.9. The van der Waals surface area contributed by atoms with E-state index in [1.165, 1.54) is 18.4 Å². The number of halogens is 2. The van der Waals surface area contributed by atoms with Crippen LogP contribution in [0, 0.1) is 17.7 Å². The number of hydrogen-bond donors (Lipinski definition) is 1. The summed E-state index contributed by atoms with van der Waals surface area (Å²) in [6.07, 6.45) is 3.69. The van der Waals surface area contributed by atoms with Crippen LogP contribution in [0.2, 0.25) is 0 Å². The second-order valence-corrected chi connectivity index (χ2v) is 5.45. The summed E-state index contributed by atoms with van der Waals surface area (Å²) in [6, 6.07) is 5.00. The maximum Gasteiger partial charge on any atom is 0.124 e. The Kier molecular flexibility index (Phi) is 3.98. The maximum absolute atomic E-state index is 12.9. The molecule has 2 unspecified atom stereocenters. The number of hydrogen-bond acceptors (Lipinski definition) is 1. The van der Waals surface area contributed by atoms with Crippen LogP contribution in [0.15, 0.2) is 22.7 Å². The SMILES string of the molecule is CNCC1CCC1Cc1ccc(F)cc1Br. The lowest BCUT2D eigenvalue weighted by Crippen LogP contribution is -2.35. The molecule has 1 N–H and O–H groups in total. The summed E-state index contributed by atoms with van der Waals surface area (Å²) < 4.78 is 13.8. The van der Waals surface area contributed by atoms with E-state index < -0.39 is 0 Å². The predicted octanol–water partition coefficient (Wildman–Crippen LogP) is 3.38. The molecule has 1 aliphatic carbocycles. The van der Waals surface area contributed by atoms with Crippen molar-refractivity contribution in [3.8, 4) is 0 Å². The second-order valence-electron chi connectivity index (χ2n) is 4.60. The first-order valence-corrected chi connectivity index (χ1v) is 6.58. The van der Waals surface area contributed by atoms with E-state index in [0.29, 0.717) is 0 Å². The van der Waals surface area contributed by atoms with Crippen molar-refractivity contribution in [1.82, 2.24) is 5.32 Å². The molecule has 1 fully saturated rings. The van der Waals surface area contributed by atoms with Crippen molar-refractivity contribution < 1.29 is 4.39 Å². The van der Waals surface area contributed by atoms with E-state index in [9.17, 15) is 4.39 Å². The van der Waals surface area contributed by atoms with Crippen LogP contribution in [0.3, 0.4) is 0 Å². The van der Waals surface area contributed by atoms with Crippen molar-refractivity contribution in [3.63, 3.8) is 0 Å². The third-order valence-corrected chi connectivity index (χ3v) is 4.28. The van der Waals surface area contributed by atoms with Crippen molar-refractivity contribution >= 4 is 15.9 Å². The first-order valence-electron chi connectivity index (χ1n) is 5.79. The average Bonchev–Trinajstić information content (AvgIpc) is 2.23. The molecule has 0 aliphatic heterocycles. The van der Waals surface area contributed by atoms with Crippen LogP contribution in [0.5, 0.6) is 0 Å². The Hall–Kier alpha value is -0.410. The molecule has 16 heavy (non-hydrogen) atoms. The Morgan fingerprint density at radius 3 is 2.69 bits per heavy atom. The quantitative estimate of drug-likeness (QED) is 0.894. The molecule has 88 valence electrons. The van der Waals surface area contributed by atoms with E-state index in [-0.39, 0.29) is 5.82 Å². The van der Waals surface area contributed by atoms with Gasteiger partial charge in [-0.15, -0.1) is 0 Å². The first-order chi connectivity index (χ1) is 7.70. The topological polar surface area (TPSA) is 12.0 Å². The fourth-order valence-corrected chi connectivity index (χ4v) is 2.92. The molecule has 0 amide bonds. The van der Waals surface area contributed by atoms with Crippen LogP contribution in [0.4, 0.5) is 4.39 Å². The van der Waals surface area contributed by atoms with Gasteiger partial charge in [-0.25, -0.2) is 4.39 Å². The van der Waals surface area contributed by atoms with Crippen molar-refractivity contribution in [2.24, 2.45) is 11.8 Å². The van der Waals surface area contributed by atoms with Gasteiger partial charge in [0, 0.05) is 4.47 Å². The van der Waals surface area contributed by atoms with E-state index in [4.69, 9.17) is 0 Å². The molecule has 0 spiro atoms. The van der Waals surface area contributed by atoms with Gasteiger partial charge in [-0.1, -0.05) is 22.0 Å². The summed E-state index contributed by atoms with van der Waals surface area (Å²) >= 11 is 3.43. The average molecular weight is 286 g/mol. The van der Waals surface area contributed by atoms with E-state index in [1.807, 2.05) is 13.1 Å². The Balaban J connectivity index is 1.98. The Bertz CT molecular complexity index is 367. The zero-order valence-corrected chi connectivity index (χ0v) is 11.1. The van der Waals surface area contributed by atoms with Crippen LogP contribution in [-0.4, -0.2) is 13.6 Å². The summed E-state index contributed by atoms with van der Waals surface area (Å²) in [4.78, 5) is 0. The Morgan fingerprint density at radius 2 is 2.12 bits per heavy atom. The summed E-state index contributed by atoms with van der Waals surface area (Å²) in [6.45, 7) is 1.10. The molecule has 0 radical (unpaired) electrons. The molecule has 0 bridgehead atoms. The van der Waals surface area contributed by atoms with Gasteiger partial charge in [-0.2, -0.15) is 0 Å². The molecule has 1 saturated carbocycles. The van der Waals surface area contributed by atoms with Gasteiger partial charge in [-0.3, -0.25) is 0 Å². The second kappa shape index (κ2) is 5.28. The molecule has 0 heterocycles. The lowest BCUT2D eigenvalue weighted by Gasteiger charge is -2.37. The fourth-order valence-electron chi connectivity index (χ4n) is 2.41. The van der Waals surface area contributed by atoms with Crippen molar-refractivity contribution in [2.45, 2.75) is 19.3 Å². The third-order valence-electron chi connectivity index (χ3n) is 3.54. The van der Waals surface area contributed by atoms with Crippen LogP contribution in [-0.2, 0) is 6.42 Å². The van der Waals surface area contributed by atoms with E-state index in [0.717, 1.165) is 29.3 Å². The minimum atomic E-state index is -0.170. The van der Waals surface area contributed by atoms with Crippen molar-refractivity contribution in [3.05, 3.63) is 34.1 Å². The zero-order valence-electron chi connectivity index (χ0n) is 9.47. The fraction of sp³-hybridized carbons (Fsp3) is 0.538. The lowest BCUT2D eigenvalue weighted by molar-refractivity contribution is 0.174. The summed E-state index contributed by atoms with van der Waals surface area (Å²) in [5, 5.41) is 3.24. The van der Waals surface area contributed by atoms with E-state index in [1.54, 1.807) is 12.1 Å². The van der Waals surface area contributed by atoms with Gasteiger partial charge in [0.05, 0.1) is 0 Å². The van der Waals surface area contributed by atoms with Crippen molar-refractivity contribution in [1.29, 1.82) is 0 Å². The first kappa shape index (κ1) is 12.1. The van der Waals surface area contributed by atoms with E-state index >= 15 is 0 Å². The largest absolute Gasteiger partial charge is 0.319 e. The highest BCUT2D eigenvalue weighted by Gasteiger charge is 2.30. The molecular weight excluding hydrogens is 269 g/mol. The van der Waals surface area contributed by atoms with Crippen LogP contribution < -0.4 is 5.32 Å². The molecule has 1 aromatic carbocycles. The van der Waals surface area contributed by atoms with Crippen LogP contribution in [0.25, 0.3) is 0 Å².